The highest BCUT2D eigenvalue weighted by atomic mass is 32.2. The van der Waals surface area contributed by atoms with Gasteiger partial charge in [-0.05, 0) is 43.6 Å². The van der Waals surface area contributed by atoms with Gasteiger partial charge in [-0.1, -0.05) is 12.8 Å². The zero-order valence-electron chi connectivity index (χ0n) is 8.66. The first-order valence-corrected chi connectivity index (χ1v) is 6.86. The van der Waals surface area contributed by atoms with Gasteiger partial charge in [0.15, 0.2) is 0 Å². The molecule has 2 fully saturated rings. The average molecular weight is 200 g/mol. The summed E-state index contributed by atoms with van der Waals surface area (Å²) in [6.07, 6.45) is 9.15. The van der Waals surface area contributed by atoms with Crippen molar-refractivity contribution in [2.45, 2.75) is 44.8 Å². The van der Waals surface area contributed by atoms with Gasteiger partial charge in [0.05, 0.1) is 12.2 Å². The number of hydrogen-bond acceptors (Lipinski definition) is 2. The number of hydrogen-bond donors (Lipinski definition) is 0. The fraction of sp³-hybridized carbons (Fsp3) is 1.00. The van der Waals surface area contributed by atoms with Crippen LogP contribution in [0.25, 0.3) is 0 Å². The van der Waals surface area contributed by atoms with Crippen LogP contribution in [-0.4, -0.2) is 24.2 Å². The van der Waals surface area contributed by atoms with Crippen LogP contribution in [0.4, 0.5) is 0 Å². The molecule has 1 saturated carbocycles. The van der Waals surface area contributed by atoms with Crippen LogP contribution in [-0.2, 0) is 4.74 Å². The maximum absolute atomic E-state index is 5.60. The van der Waals surface area contributed by atoms with E-state index < -0.39 is 0 Å². The van der Waals surface area contributed by atoms with Gasteiger partial charge < -0.3 is 4.74 Å². The SMILES string of the molecule is CSCCC1CCCC1C1OC1C. The van der Waals surface area contributed by atoms with E-state index in [0.29, 0.717) is 12.2 Å². The molecular weight excluding hydrogens is 180 g/mol. The molecule has 76 valence electrons. The van der Waals surface area contributed by atoms with Crippen molar-refractivity contribution in [1.29, 1.82) is 0 Å². The highest BCUT2D eigenvalue weighted by molar-refractivity contribution is 7.98. The predicted octanol–water partition coefficient (Wildman–Crippen LogP) is 2.94. The third-order valence-corrected chi connectivity index (χ3v) is 4.23. The van der Waals surface area contributed by atoms with Crippen LogP contribution in [0.2, 0.25) is 0 Å². The van der Waals surface area contributed by atoms with E-state index in [1.807, 2.05) is 11.8 Å². The summed E-state index contributed by atoms with van der Waals surface area (Å²) in [5.41, 5.74) is 0. The molecule has 4 atom stereocenters. The van der Waals surface area contributed by atoms with Gasteiger partial charge >= 0.3 is 0 Å². The van der Waals surface area contributed by atoms with Crippen molar-refractivity contribution in [1.82, 2.24) is 0 Å². The summed E-state index contributed by atoms with van der Waals surface area (Å²) in [7, 11) is 0. The maximum Gasteiger partial charge on any atom is 0.0869 e. The van der Waals surface area contributed by atoms with Crippen molar-refractivity contribution in [3.8, 4) is 0 Å². The summed E-state index contributed by atoms with van der Waals surface area (Å²) in [4.78, 5) is 0. The molecule has 2 aliphatic rings. The molecule has 0 aromatic rings. The normalized spacial score (nSPS) is 43.8. The number of rotatable bonds is 4. The molecule has 1 nitrogen and oxygen atoms in total. The molecule has 0 aromatic heterocycles. The van der Waals surface area contributed by atoms with Crippen LogP contribution < -0.4 is 0 Å². The number of epoxide rings is 1. The highest BCUT2D eigenvalue weighted by Crippen LogP contribution is 2.44. The summed E-state index contributed by atoms with van der Waals surface area (Å²) < 4.78 is 5.60. The second-order valence-electron chi connectivity index (χ2n) is 4.44. The molecule has 1 aliphatic carbocycles. The average Bonchev–Trinajstić information content (AvgIpc) is 2.66. The van der Waals surface area contributed by atoms with Gasteiger partial charge in [-0.3, -0.25) is 0 Å². The second-order valence-corrected chi connectivity index (χ2v) is 5.43. The topological polar surface area (TPSA) is 12.5 Å². The molecule has 1 heterocycles. The van der Waals surface area contributed by atoms with Crippen molar-refractivity contribution < 1.29 is 4.74 Å². The van der Waals surface area contributed by atoms with Gasteiger partial charge in [-0.25, -0.2) is 0 Å². The van der Waals surface area contributed by atoms with Crippen molar-refractivity contribution in [3.63, 3.8) is 0 Å². The minimum atomic E-state index is 0.569. The summed E-state index contributed by atoms with van der Waals surface area (Å²) in [5, 5.41) is 0. The molecule has 13 heavy (non-hydrogen) atoms. The van der Waals surface area contributed by atoms with E-state index >= 15 is 0 Å². The van der Waals surface area contributed by atoms with E-state index in [0.717, 1.165) is 11.8 Å². The molecule has 1 aliphatic heterocycles. The minimum Gasteiger partial charge on any atom is -0.370 e. The summed E-state index contributed by atoms with van der Waals surface area (Å²) >= 11 is 1.98. The minimum absolute atomic E-state index is 0.569. The largest absolute Gasteiger partial charge is 0.370 e. The van der Waals surface area contributed by atoms with Crippen LogP contribution in [0.15, 0.2) is 0 Å². The van der Waals surface area contributed by atoms with E-state index in [-0.39, 0.29) is 0 Å². The monoisotopic (exact) mass is 200 g/mol. The Morgan fingerprint density at radius 3 is 2.77 bits per heavy atom. The summed E-state index contributed by atoms with van der Waals surface area (Å²) in [6.45, 7) is 2.22. The Labute approximate surface area is 85.6 Å². The molecule has 0 aromatic carbocycles. The Morgan fingerprint density at radius 1 is 1.38 bits per heavy atom. The maximum atomic E-state index is 5.60. The fourth-order valence-corrected chi connectivity index (χ4v) is 3.32. The molecule has 2 heteroatoms. The van der Waals surface area contributed by atoms with Crippen molar-refractivity contribution in [3.05, 3.63) is 0 Å². The Hall–Kier alpha value is 0.310. The first kappa shape index (κ1) is 9.85. The lowest BCUT2D eigenvalue weighted by Gasteiger charge is -2.16. The van der Waals surface area contributed by atoms with E-state index in [2.05, 4.69) is 13.2 Å². The Balaban J connectivity index is 1.80. The molecule has 0 N–H and O–H groups in total. The van der Waals surface area contributed by atoms with Gasteiger partial charge in [0.1, 0.15) is 0 Å². The van der Waals surface area contributed by atoms with Crippen LogP contribution in [0.5, 0.6) is 0 Å². The van der Waals surface area contributed by atoms with E-state index in [4.69, 9.17) is 4.74 Å². The van der Waals surface area contributed by atoms with Crippen LogP contribution in [0.1, 0.15) is 32.6 Å². The standard InChI is InChI=1S/C11H20OS/c1-8-11(12-8)10-5-3-4-9(10)6-7-13-2/h8-11H,3-7H2,1-2H3. The van der Waals surface area contributed by atoms with Crippen LogP contribution in [0, 0.1) is 11.8 Å². The highest BCUT2D eigenvalue weighted by Gasteiger charge is 2.45. The molecule has 2 rings (SSSR count). The van der Waals surface area contributed by atoms with Gasteiger partial charge in [0.25, 0.3) is 0 Å². The molecule has 0 amide bonds. The van der Waals surface area contributed by atoms with Gasteiger partial charge in [0, 0.05) is 0 Å². The van der Waals surface area contributed by atoms with Crippen molar-refractivity contribution >= 4 is 11.8 Å². The Bertz CT molecular complexity index is 171. The van der Waals surface area contributed by atoms with Crippen LogP contribution in [0.3, 0.4) is 0 Å². The lowest BCUT2D eigenvalue weighted by molar-refractivity contribution is 0.270. The molecule has 0 spiro atoms. The zero-order chi connectivity index (χ0) is 9.26. The first-order chi connectivity index (χ1) is 6.33. The zero-order valence-corrected chi connectivity index (χ0v) is 9.48. The molecule has 1 saturated heterocycles. The molecule has 4 unspecified atom stereocenters. The molecule has 0 radical (unpaired) electrons. The van der Waals surface area contributed by atoms with Crippen molar-refractivity contribution in [2.24, 2.45) is 11.8 Å². The fourth-order valence-electron chi connectivity index (χ4n) is 2.78. The van der Waals surface area contributed by atoms with Crippen LogP contribution >= 0.6 is 11.8 Å². The van der Waals surface area contributed by atoms with Gasteiger partial charge in [-0.15, -0.1) is 0 Å². The smallest absolute Gasteiger partial charge is 0.0869 e. The van der Waals surface area contributed by atoms with Gasteiger partial charge in [-0.2, -0.15) is 11.8 Å². The second kappa shape index (κ2) is 4.22. The summed E-state index contributed by atoms with van der Waals surface area (Å²) in [5.74, 6) is 3.21. The lowest BCUT2D eigenvalue weighted by Crippen LogP contribution is -2.16. The van der Waals surface area contributed by atoms with E-state index in [1.165, 1.54) is 31.4 Å². The Morgan fingerprint density at radius 2 is 2.15 bits per heavy atom. The first-order valence-electron chi connectivity index (χ1n) is 5.47. The predicted molar refractivity (Wildman–Crippen MR) is 58.2 cm³/mol. The number of ether oxygens (including phenoxy) is 1. The lowest BCUT2D eigenvalue weighted by atomic mass is 9.90. The summed E-state index contributed by atoms with van der Waals surface area (Å²) in [6, 6.07) is 0. The van der Waals surface area contributed by atoms with E-state index in [9.17, 15) is 0 Å². The number of thioether (sulfide) groups is 1. The third-order valence-electron chi connectivity index (χ3n) is 3.59. The third kappa shape index (κ3) is 2.21. The van der Waals surface area contributed by atoms with Crippen molar-refractivity contribution in [2.75, 3.05) is 12.0 Å². The van der Waals surface area contributed by atoms with Gasteiger partial charge in [0.2, 0.25) is 0 Å². The molecule has 0 bridgehead atoms. The van der Waals surface area contributed by atoms with E-state index in [1.54, 1.807) is 0 Å². The quantitative estimate of drug-likeness (QED) is 0.647. The molecular formula is C11H20OS. The Kier molecular flexibility index (Phi) is 3.20.